The molecule has 0 aromatic carbocycles. The first-order valence-electron chi connectivity index (χ1n) is 9.62. The Morgan fingerprint density at radius 1 is 1.29 bits per heavy atom. The number of esters is 1. The average molecular weight is 413 g/mol. The van der Waals surface area contributed by atoms with Crippen molar-refractivity contribution in [2.24, 2.45) is 0 Å². The van der Waals surface area contributed by atoms with Crippen molar-refractivity contribution < 1.29 is 34.3 Å². The lowest BCUT2D eigenvalue weighted by atomic mass is 9.95. The fraction of sp³-hybridized carbons (Fsp3) is 0.632. The van der Waals surface area contributed by atoms with Crippen molar-refractivity contribution in [3.05, 3.63) is 16.0 Å². The number of aliphatic carboxylic acids is 1. The van der Waals surface area contributed by atoms with E-state index >= 15 is 0 Å². The smallest absolute Gasteiger partial charge is 0.341 e. The van der Waals surface area contributed by atoms with Crippen molar-refractivity contribution in [3.63, 3.8) is 0 Å². The van der Waals surface area contributed by atoms with Gasteiger partial charge in [-0.2, -0.15) is 0 Å². The molecule has 1 aliphatic rings. The van der Waals surface area contributed by atoms with Gasteiger partial charge in [-0.25, -0.2) is 4.79 Å². The summed E-state index contributed by atoms with van der Waals surface area (Å²) in [5.41, 5.74) is 1.37. The van der Waals surface area contributed by atoms with E-state index in [-0.39, 0.29) is 13.0 Å². The lowest BCUT2D eigenvalue weighted by Crippen LogP contribution is -2.93. The molecule has 0 unspecified atom stereocenters. The van der Waals surface area contributed by atoms with Crippen molar-refractivity contribution in [2.75, 3.05) is 32.2 Å². The molecule has 1 amide bonds. The maximum absolute atomic E-state index is 12.5. The molecule has 0 fully saturated rings. The Bertz CT molecular complexity index is 703. The number of anilines is 1. The molecular weight excluding hydrogens is 384 g/mol. The number of nitrogens with one attached hydrogen (secondary N) is 1. The van der Waals surface area contributed by atoms with Crippen LogP contribution >= 0.6 is 11.3 Å². The number of carbonyl (C=O) groups is 3. The molecular formula is C19H28N2O6S. The van der Waals surface area contributed by atoms with E-state index in [1.807, 2.05) is 0 Å². The van der Waals surface area contributed by atoms with Crippen molar-refractivity contribution >= 4 is 34.2 Å². The first-order valence-corrected chi connectivity index (χ1v) is 10.4. The number of rotatable bonds is 11. The Labute approximate surface area is 168 Å². The van der Waals surface area contributed by atoms with Gasteiger partial charge in [-0.3, -0.25) is 4.79 Å². The largest absolute Gasteiger partial charge is 0.544 e. The van der Waals surface area contributed by atoms with Crippen molar-refractivity contribution in [3.8, 4) is 0 Å². The van der Waals surface area contributed by atoms with Crippen molar-refractivity contribution in [2.45, 2.75) is 51.5 Å². The van der Waals surface area contributed by atoms with Crippen molar-refractivity contribution in [1.82, 2.24) is 0 Å². The molecule has 0 spiro atoms. The summed E-state index contributed by atoms with van der Waals surface area (Å²) in [5, 5.41) is 16.1. The summed E-state index contributed by atoms with van der Waals surface area (Å²) in [6.07, 6.45) is 4.13. The molecule has 28 heavy (non-hydrogen) atoms. The maximum atomic E-state index is 12.5. The minimum atomic E-state index is -1.29. The van der Waals surface area contributed by atoms with Gasteiger partial charge < -0.3 is 30.0 Å². The van der Waals surface area contributed by atoms with Crippen LogP contribution < -0.4 is 15.7 Å². The van der Waals surface area contributed by atoms with Crippen LogP contribution in [0, 0.1) is 0 Å². The summed E-state index contributed by atoms with van der Waals surface area (Å²) in [6, 6.07) is -0.988. The summed E-state index contributed by atoms with van der Waals surface area (Å²) in [4.78, 5) is 37.3. The third kappa shape index (κ3) is 6.02. The van der Waals surface area contributed by atoms with E-state index in [0.29, 0.717) is 30.1 Å². The topological polar surface area (TPSA) is 121 Å². The summed E-state index contributed by atoms with van der Waals surface area (Å²) in [5.74, 6) is -2.19. The second-order valence-corrected chi connectivity index (χ2v) is 7.79. The number of carboxylic acids is 1. The van der Waals surface area contributed by atoms with Gasteiger partial charge in [0.05, 0.1) is 37.7 Å². The predicted molar refractivity (Wildman–Crippen MR) is 102 cm³/mol. The molecule has 1 heterocycles. The van der Waals surface area contributed by atoms with Crippen LogP contribution in [-0.2, 0) is 31.9 Å². The van der Waals surface area contributed by atoms with Crippen LogP contribution in [0.3, 0.4) is 0 Å². The molecule has 1 aromatic heterocycles. The standard InChI is InChI=1S/C19H28N2O6S/c1-3-27-19(25)16-12-7-4-5-8-14(12)28-17(16)21-15(22)11-13(18(23)24)20-9-6-10-26-2/h13,20H,3-11H2,1-2H3,(H,21,22)(H,23,24)/t13-/m0/s1. The minimum Gasteiger partial charge on any atom is -0.544 e. The van der Waals surface area contributed by atoms with Crippen LogP contribution in [0.25, 0.3) is 0 Å². The van der Waals surface area contributed by atoms with Crippen LogP contribution in [0.5, 0.6) is 0 Å². The number of ether oxygens (including phenoxy) is 2. The Balaban J connectivity index is 2.08. The Kier molecular flexibility index (Phi) is 8.88. The summed E-state index contributed by atoms with van der Waals surface area (Å²) >= 11 is 1.38. The second kappa shape index (κ2) is 11.1. The van der Waals surface area contributed by atoms with Gasteiger partial charge in [0, 0.05) is 18.4 Å². The molecule has 0 saturated heterocycles. The van der Waals surface area contributed by atoms with Gasteiger partial charge in [0.1, 0.15) is 11.0 Å². The number of fused-ring (bicyclic) bond motifs is 1. The molecule has 1 atom stereocenters. The number of methoxy groups -OCH3 is 1. The fourth-order valence-electron chi connectivity index (χ4n) is 3.26. The molecule has 9 heteroatoms. The zero-order valence-electron chi connectivity index (χ0n) is 16.4. The van der Waals surface area contributed by atoms with E-state index in [1.165, 1.54) is 11.3 Å². The highest BCUT2D eigenvalue weighted by Gasteiger charge is 2.28. The predicted octanol–water partition coefficient (Wildman–Crippen LogP) is -0.149. The number of hydrogen-bond acceptors (Lipinski definition) is 7. The number of carboxylic acid groups (broad SMARTS) is 1. The molecule has 1 aromatic rings. The Hall–Kier alpha value is -1.97. The number of nitrogens with two attached hydrogens (primary N) is 1. The van der Waals surface area contributed by atoms with Crippen LogP contribution in [-0.4, -0.2) is 50.8 Å². The highest BCUT2D eigenvalue weighted by Crippen LogP contribution is 2.38. The lowest BCUT2D eigenvalue weighted by Gasteiger charge is -2.16. The summed E-state index contributed by atoms with van der Waals surface area (Å²) in [6.45, 7) is 3.02. The third-order valence-electron chi connectivity index (χ3n) is 4.62. The van der Waals surface area contributed by atoms with Gasteiger partial charge in [0.15, 0.2) is 0 Å². The van der Waals surface area contributed by atoms with E-state index in [9.17, 15) is 19.5 Å². The van der Waals surface area contributed by atoms with E-state index in [4.69, 9.17) is 9.47 Å². The monoisotopic (exact) mass is 412 g/mol. The molecule has 0 bridgehead atoms. The van der Waals surface area contributed by atoms with Gasteiger partial charge in [-0.1, -0.05) is 0 Å². The van der Waals surface area contributed by atoms with E-state index in [1.54, 1.807) is 19.4 Å². The molecule has 0 aliphatic heterocycles. The van der Waals surface area contributed by atoms with Crippen molar-refractivity contribution in [1.29, 1.82) is 0 Å². The van der Waals surface area contributed by atoms with E-state index in [2.05, 4.69) is 5.32 Å². The minimum absolute atomic E-state index is 0.236. The highest BCUT2D eigenvalue weighted by molar-refractivity contribution is 7.17. The normalized spacial score (nSPS) is 14.2. The van der Waals surface area contributed by atoms with Gasteiger partial charge in [-0.05, 0) is 38.2 Å². The molecule has 156 valence electrons. The summed E-state index contributed by atoms with van der Waals surface area (Å²) in [7, 11) is 1.57. The van der Waals surface area contributed by atoms with Gasteiger partial charge >= 0.3 is 5.97 Å². The molecule has 0 radical (unpaired) electrons. The zero-order valence-corrected chi connectivity index (χ0v) is 17.2. The highest BCUT2D eigenvalue weighted by atomic mass is 32.1. The summed E-state index contributed by atoms with van der Waals surface area (Å²) < 4.78 is 10.1. The van der Waals surface area contributed by atoms with Crippen LogP contribution in [0.4, 0.5) is 5.00 Å². The van der Waals surface area contributed by atoms with Gasteiger partial charge in [-0.15, -0.1) is 11.3 Å². The fourth-order valence-corrected chi connectivity index (χ4v) is 4.55. The Morgan fingerprint density at radius 3 is 2.71 bits per heavy atom. The molecule has 8 nitrogen and oxygen atoms in total. The maximum Gasteiger partial charge on any atom is 0.341 e. The third-order valence-corrected chi connectivity index (χ3v) is 5.82. The molecule has 2 rings (SSSR count). The number of hydrogen-bond donors (Lipinski definition) is 2. The SMILES string of the molecule is CCOC(=O)c1c(NC(=O)C[C@H]([NH2+]CCCOC)C(=O)[O-])sc2c1CCCC2. The molecule has 0 saturated carbocycles. The zero-order chi connectivity index (χ0) is 20.5. The average Bonchev–Trinajstić information content (AvgIpc) is 3.01. The first-order chi connectivity index (χ1) is 13.5. The number of amides is 1. The lowest BCUT2D eigenvalue weighted by molar-refractivity contribution is -0.682. The molecule has 1 aliphatic carbocycles. The number of carbonyl (C=O) groups excluding carboxylic acids is 3. The Morgan fingerprint density at radius 2 is 2.04 bits per heavy atom. The second-order valence-electron chi connectivity index (χ2n) is 6.68. The quantitative estimate of drug-likeness (QED) is 0.385. The van der Waals surface area contributed by atoms with Crippen LogP contribution in [0.1, 0.15) is 53.4 Å². The number of aryl methyl sites for hydroxylation is 1. The van der Waals surface area contributed by atoms with Gasteiger partial charge in [0.25, 0.3) is 0 Å². The number of quaternary nitrogens is 1. The van der Waals surface area contributed by atoms with Gasteiger partial charge in [0.2, 0.25) is 5.91 Å². The number of thiophene rings is 1. The van der Waals surface area contributed by atoms with E-state index < -0.39 is 23.9 Å². The first kappa shape index (κ1) is 22.3. The molecule has 3 N–H and O–H groups in total. The van der Waals surface area contributed by atoms with E-state index in [0.717, 1.165) is 36.1 Å². The van der Waals surface area contributed by atoms with Crippen LogP contribution in [0.15, 0.2) is 0 Å². The van der Waals surface area contributed by atoms with Crippen LogP contribution in [0.2, 0.25) is 0 Å².